The van der Waals surface area contributed by atoms with Crippen LogP contribution in [-0.2, 0) is 9.53 Å². The zero-order valence-corrected chi connectivity index (χ0v) is 17.2. The van der Waals surface area contributed by atoms with Gasteiger partial charge in [0.05, 0.1) is 5.92 Å². The highest BCUT2D eigenvalue weighted by molar-refractivity contribution is 5.91. The molecule has 0 spiro atoms. The summed E-state index contributed by atoms with van der Waals surface area (Å²) in [7, 11) is 0. The molecule has 0 saturated carbocycles. The fourth-order valence-corrected chi connectivity index (χ4v) is 3.56. The Balaban J connectivity index is 1.34. The molecule has 0 bridgehead atoms. The second kappa shape index (κ2) is 8.88. The number of carboxylic acids is 1. The number of carbonyl (C=O) groups is 3. The highest BCUT2D eigenvalue weighted by Gasteiger charge is 2.29. The second-order valence-electron chi connectivity index (χ2n) is 7.41. The third kappa shape index (κ3) is 4.29. The molecule has 32 heavy (non-hydrogen) atoms. The molecule has 2 amide bonds. The Kier molecular flexibility index (Phi) is 5.84. The summed E-state index contributed by atoms with van der Waals surface area (Å²) in [5.41, 5.74) is 4.43. The lowest BCUT2D eigenvalue weighted by Crippen LogP contribution is -2.32. The standard InChI is InChI=1S/C22H21N5O5/c1-12(20(29)30)10-23-19(28)18-24-21(27-26-18)25-22(31)32-11-17-15-8-4-2-6-13(15)14-7-3-5-9-16(14)17/h2-9,12,17H,10-11H2,1H3,(H,23,28)(H,29,30)(H2,24,25,26,27,31). The number of rotatable bonds is 7. The van der Waals surface area contributed by atoms with E-state index in [0.717, 1.165) is 22.3 Å². The van der Waals surface area contributed by atoms with Gasteiger partial charge < -0.3 is 15.2 Å². The van der Waals surface area contributed by atoms with Crippen molar-refractivity contribution < 1.29 is 24.2 Å². The number of aliphatic carboxylic acids is 1. The van der Waals surface area contributed by atoms with Crippen molar-refractivity contribution in [2.45, 2.75) is 12.8 Å². The lowest BCUT2D eigenvalue weighted by atomic mass is 9.98. The normalized spacial score (nSPS) is 13.0. The number of carbonyl (C=O) groups excluding carboxylic acids is 2. The molecule has 1 aromatic heterocycles. The van der Waals surface area contributed by atoms with Crippen molar-refractivity contribution in [2.75, 3.05) is 18.5 Å². The SMILES string of the molecule is CC(CNC(=O)c1nc(NC(=O)OCC2c3ccccc3-c3ccccc32)n[nH]1)C(=O)O. The van der Waals surface area contributed by atoms with E-state index in [1.54, 1.807) is 0 Å². The predicted octanol–water partition coefficient (Wildman–Crippen LogP) is 2.62. The van der Waals surface area contributed by atoms with E-state index in [1.807, 2.05) is 48.5 Å². The number of fused-ring (bicyclic) bond motifs is 3. The Bertz CT molecular complexity index is 1130. The van der Waals surface area contributed by atoms with Gasteiger partial charge in [0.25, 0.3) is 11.9 Å². The van der Waals surface area contributed by atoms with Crippen molar-refractivity contribution in [2.24, 2.45) is 5.92 Å². The van der Waals surface area contributed by atoms with Crippen molar-refractivity contribution in [3.8, 4) is 11.1 Å². The molecular weight excluding hydrogens is 414 g/mol. The van der Waals surface area contributed by atoms with Gasteiger partial charge in [0.2, 0.25) is 5.82 Å². The van der Waals surface area contributed by atoms with Crippen LogP contribution in [0.5, 0.6) is 0 Å². The Hall–Kier alpha value is -4.21. The molecule has 4 rings (SSSR count). The number of benzene rings is 2. The number of carboxylic acid groups (broad SMARTS) is 1. The van der Waals surface area contributed by atoms with Crippen LogP contribution in [0.15, 0.2) is 48.5 Å². The molecule has 0 radical (unpaired) electrons. The highest BCUT2D eigenvalue weighted by atomic mass is 16.5. The van der Waals surface area contributed by atoms with E-state index in [9.17, 15) is 14.4 Å². The Morgan fingerprint density at radius 2 is 1.72 bits per heavy atom. The maximum absolute atomic E-state index is 12.3. The first-order valence-electron chi connectivity index (χ1n) is 9.99. The van der Waals surface area contributed by atoms with Crippen LogP contribution in [0.3, 0.4) is 0 Å². The summed E-state index contributed by atoms with van der Waals surface area (Å²) in [5.74, 6) is -2.78. The van der Waals surface area contributed by atoms with Crippen molar-refractivity contribution in [1.29, 1.82) is 0 Å². The first-order valence-corrected chi connectivity index (χ1v) is 9.99. The molecule has 1 aliphatic carbocycles. The van der Waals surface area contributed by atoms with Gasteiger partial charge in [0, 0.05) is 12.5 Å². The molecule has 2 aromatic carbocycles. The third-order valence-corrected chi connectivity index (χ3v) is 5.25. The van der Waals surface area contributed by atoms with Crippen LogP contribution < -0.4 is 10.6 Å². The summed E-state index contributed by atoms with van der Waals surface area (Å²) in [6.07, 6.45) is -0.752. The minimum Gasteiger partial charge on any atom is -0.481 e. The van der Waals surface area contributed by atoms with Gasteiger partial charge in [-0.3, -0.25) is 20.0 Å². The summed E-state index contributed by atoms with van der Waals surface area (Å²) < 4.78 is 5.41. The lowest BCUT2D eigenvalue weighted by molar-refractivity contribution is -0.140. The van der Waals surface area contributed by atoms with Crippen LogP contribution in [0.2, 0.25) is 0 Å². The van der Waals surface area contributed by atoms with Crippen molar-refractivity contribution in [3.05, 3.63) is 65.5 Å². The maximum atomic E-state index is 12.3. The molecule has 164 valence electrons. The molecule has 0 aliphatic heterocycles. The van der Waals surface area contributed by atoms with E-state index in [4.69, 9.17) is 9.84 Å². The second-order valence-corrected chi connectivity index (χ2v) is 7.41. The number of hydrogen-bond donors (Lipinski definition) is 4. The summed E-state index contributed by atoms with van der Waals surface area (Å²) in [6.45, 7) is 1.53. The largest absolute Gasteiger partial charge is 0.481 e. The average Bonchev–Trinajstić information content (AvgIpc) is 3.38. The molecule has 0 saturated heterocycles. The van der Waals surface area contributed by atoms with Crippen LogP contribution in [-0.4, -0.2) is 51.4 Å². The van der Waals surface area contributed by atoms with Gasteiger partial charge in [-0.2, -0.15) is 4.98 Å². The number of amides is 2. The monoisotopic (exact) mass is 435 g/mol. The van der Waals surface area contributed by atoms with E-state index >= 15 is 0 Å². The number of aromatic nitrogens is 3. The molecule has 1 unspecified atom stereocenters. The van der Waals surface area contributed by atoms with Crippen LogP contribution in [0.4, 0.5) is 10.7 Å². The molecule has 10 nitrogen and oxygen atoms in total. The van der Waals surface area contributed by atoms with Gasteiger partial charge in [-0.15, -0.1) is 5.10 Å². The molecule has 1 atom stereocenters. The minimum atomic E-state index is -1.03. The van der Waals surface area contributed by atoms with E-state index in [2.05, 4.69) is 25.8 Å². The average molecular weight is 435 g/mol. The summed E-state index contributed by atoms with van der Waals surface area (Å²) in [5, 5.41) is 19.8. The van der Waals surface area contributed by atoms with E-state index in [-0.39, 0.29) is 30.8 Å². The number of nitrogens with zero attached hydrogens (tertiary/aromatic N) is 2. The number of ether oxygens (including phenoxy) is 1. The van der Waals surface area contributed by atoms with Crippen molar-refractivity contribution >= 4 is 23.9 Å². The summed E-state index contributed by atoms with van der Waals surface area (Å²) in [4.78, 5) is 39.0. The lowest BCUT2D eigenvalue weighted by Gasteiger charge is -2.13. The molecule has 1 heterocycles. The zero-order chi connectivity index (χ0) is 22.7. The number of aromatic amines is 1. The number of hydrogen-bond acceptors (Lipinski definition) is 6. The van der Waals surface area contributed by atoms with E-state index < -0.39 is 23.9 Å². The van der Waals surface area contributed by atoms with Gasteiger partial charge in [-0.05, 0) is 22.3 Å². The molecule has 1 aliphatic rings. The predicted molar refractivity (Wildman–Crippen MR) is 114 cm³/mol. The molecule has 3 aromatic rings. The smallest absolute Gasteiger partial charge is 0.414 e. The zero-order valence-electron chi connectivity index (χ0n) is 17.2. The quantitative estimate of drug-likeness (QED) is 0.446. The Labute approximate surface area is 183 Å². The fraction of sp³-hybridized carbons (Fsp3) is 0.227. The van der Waals surface area contributed by atoms with Gasteiger partial charge >= 0.3 is 12.1 Å². The van der Waals surface area contributed by atoms with Crippen LogP contribution in [0.25, 0.3) is 11.1 Å². The van der Waals surface area contributed by atoms with Crippen molar-refractivity contribution in [1.82, 2.24) is 20.5 Å². The van der Waals surface area contributed by atoms with E-state index in [1.165, 1.54) is 6.92 Å². The Morgan fingerprint density at radius 3 is 2.34 bits per heavy atom. The molecular formula is C22H21N5O5. The molecule has 4 N–H and O–H groups in total. The summed E-state index contributed by atoms with van der Waals surface area (Å²) in [6, 6.07) is 16.0. The Morgan fingerprint density at radius 1 is 1.09 bits per heavy atom. The van der Waals surface area contributed by atoms with Gasteiger partial charge in [-0.25, -0.2) is 4.79 Å². The number of anilines is 1. The van der Waals surface area contributed by atoms with Crippen LogP contribution in [0.1, 0.15) is 34.6 Å². The number of H-pyrrole nitrogens is 1. The van der Waals surface area contributed by atoms with E-state index in [0.29, 0.717) is 0 Å². The maximum Gasteiger partial charge on any atom is 0.414 e. The highest BCUT2D eigenvalue weighted by Crippen LogP contribution is 2.44. The minimum absolute atomic E-state index is 0.0655. The first kappa shape index (κ1) is 21.0. The molecule has 0 fully saturated rings. The number of nitrogens with one attached hydrogen (secondary N) is 3. The van der Waals surface area contributed by atoms with Crippen LogP contribution >= 0.6 is 0 Å². The van der Waals surface area contributed by atoms with Gasteiger partial charge in [-0.1, -0.05) is 55.5 Å². The fourth-order valence-electron chi connectivity index (χ4n) is 3.56. The molecule has 10 heteroatoms. The van der Waals surface area contributed by atoms with Gasteiger partial charge in [0.15, 0.2) is 0 Å². The van der Waals surface area contributed by atoms with Gasteiger partial charge in [0.1, 0.15) is 6.61 Å². The van der Waals surface area contributed by atoms with Crippen LogP contribution in [0, 0.1) is 5.92 Å². The summed E-state index contributed by atoms with van der Waals surface area (Å²) >= 11 is 0. The third-order valence-electron chi connectivity index (χ3n) is 5.25. The topological polar surface area (TPSA) is 146 Å². The van der Waals surface area contributed by atoms with Crippen molar-refractivity contribution in [3.63, 3.8) is 0 Å². The first-order chi connectivity index (χ1) is 15.4.